The van der Waals surface area contributed by atoms with Crippen molar-refractivity contribution >= 4 is 30.2 Å². The van der Waals surface area contributed by atoms with Crippen molar-refractivity contribution in [3.63, 3.8) is 0 Å². The lowest BCUT2D eigenvalue weighted by Crippen LogP contribution is -2.47. The fourth-order valence-electron chi connectivity index (χ4n) is 5.40. The van der Waals surface area contributed by atoms with Crippen molar-refractivity contribution in [2.24, 2.45) is 9.98 Å². The molecule has 0 unspecified atom stereocenters. The molecule has 0 saturated heterocycles. The fourth-order valence-corrected chi connectivity index (χ4v) is 5.40. The van der Waals surface area contributed by atoms with Gasteiger partial charge in [0.05, 0.1) is 5.71 Å². The fraction of sp³-hybridized carbons (Fsp3) is 0.158. The summed E-state index contributed by atoms with van der Waals surface area (Å²) < 4.78 is 148. The Bertz CT molecular complexity index is 2120. The van der Waals surface area contributed by atoms with Crippen molar-refractivity contribution in [1.82, 2.24) is 4.48 Å². The summed E-state index contributed by atoms with van der Waals surface area (Å²) in [6.07, 6.45) is -10.6. The van der Waals surface area contributed by atoms with E-state index in [1.807, 2.05) is 0 Å². The van der Waals surface area contributed by atoms with Crippen molar-refractivity contribution in [3.8, 4) is 22.4 Å². The molecule has 54 heavy (non-hydrogen) atoms. The molecular formula is C38H26BF10N3O2. The Balaban J connectivity index is 1.63. The van der Waals surface area contributed by atoms with Gasteiger partial charge in [0.1, 0.15) is 19.0 Å². The van der Waals surface area contributed by atoms with Crippen LogP contribution in [0.25, 0.3) is 28.0 Å². The molecule has 2 heterocycles. The summed E-state index contributed by atoms with van der Waals surface area (Å²) in [6, 6.07) is 34.7. The van der Waals surface area contributed by atoms with Gasteiger partial charge in [-0.25, -0.2) is 9.98 Å². The van der Waals surface area contributed by atoms with Crippen molar-refractivity contribution in [2.45, 2.75) is 24.2 Å². The molecule has 278 valence electrons. The Morgan fingerprint density at radius 1 is 0.556 bits per heavy atom. The van der Waals surface area contributed by atoms with Gasteiger partial charge in [0, 0.05) is 22.4 Å². The van der Waals surface area contributed by atoms with Crippen molar-refractivity contribution in [2.75, 3.05) is 13.2 Å². The number of alkyl halides is 10. The highest BCUT2D eigenvalue weighted by molar-refractivity contribution is 6.45. The van der Waals surface area contributed by atoms with Crippen LogP contribution < -0.4 is 0 Å². The summed E-state index contributed by atoms with van der Waals surface area (Å²) in [5.74, 6) is -11.5. The summed E-state index contributed by atoms with van der Waals surface area (Å²) in [4.78, 5) is 9.47. The van der Waals surface area contributed by atoms with Crippen LogP contribution in [0.4, 0.5) is 49.7 Å². The molecule has 0 bridgehead atoms. The van der Waals surface area contributed by atoms with Gasteiger partial charge >= 0.3 is 31.5 Å². The molecule has 4 aromatic carbocycles. The van der Waals surface area contributed by atoms with Gasteiger partial charge in [-0.05, 0) is 28.8 Å². The molecule has 6 rings (SSSR count). The highest BCUT2D eigenvalue weighted by Crippen LogP contribution is 2.42. The maximum absolute atomic E-state index is 14.3. The lowest BCUT2D eigenvalue weighted by atomic mass is 10.0. The number of amidine groups is 1. The van der Waals surface area contributed by atoms with Crippen LogP contribution in [-0.2, 0) is 9.31 Å². The highest BCUT2D eigenvalue weighted by atomic mass is 19.4. The summed E-state index contributed by atoms with van der Waals surface area (Å²) in [7, 11) is -2.75. The zero-order chi connectivity index (χ0) is 38.7. The molecule has 0 spiro atoms. The number of rotatable bonds is 12. The van der Waals surface area contributed by atoms with E-state index in [2.05, 4.69) is 0 Å². The molecule has 1 aromatic heterocycles. The quantitative estimate of drug-likeness (QED) is 0.0940. The SMILES string of the molecule is FC(F)(F)C(F)(F)COB(OCC(F)(F)C(F)(F)F)n1c(-c2ccccc2)cc(-c2ccccc2)c1N=C1N=C(c2ccccc2)C=C1c1ccccc1. The maximum atomic E-state index is 14.3. The minimum Gasteiger partial charge on any atom is -0.385 e. The summed E-state index contributed by atoms with van der Waals surface area (Å²) in [5.41, 5.74) is 2.79. The normalized spacial score (nSPS) is 14.7. The number of aromatic nitrogens is 1. The topological polar surface area (TPSA) is 48.1 Å². The van der Waals surface area contributed by atoms with Crippen LogP contribution in [0.2, 0.25) is 0 Å². The first kappa shape index (κ1) is 38.3. The van der Waals surface area contributed by atoms with Crippen LogP contribution >= 0.6 is 0 Å². The Morgan fingerprint density at radius 2 is 0.981 bits per heavy atom. The Morgan fingerprint density at radius 3 is 1.44 bits per heavy atom. The lowest BCUT2D eigenvalue weighted by Gasteiger charge is -2.26. The van der Waals surface area contributed by atoms with Crippen LogP contribution in [0.1, 0.15) is 11.1 Å². The average molecular weight is 757 g/mol. The number of hydrogen-bond donors (Lipinski definition) is 0. The van der Waals surface area contributed by atoms with E-state index in [1.54, 1.807) is 103 Å². The zero-order valence-electron chi connectivity index (χ0n) is 27.6. The van der Waals surface area contributed by atoms with Gasteiger partial charge in [0.15, 0.2) is 5.84 Å². The van der Waals surface area contributed by atoms with E-state index in [1.165, 1.54) is 30.3 Å². The Kier molecular flexibility index (Phi) is 10.7. The van der Waals surface area contributed by atoms with E-state index in [0.29, 0.717) is 28.0 Å². The number of nitrogens with zero attached hydrogens (tertiary/aromatic N) is 3. The van der Waals surface area contributed by atoms with Gasteiger partial charge in [-0.2, -0.15) is 43.9 Å². The molecule has 5 nitrogen and oxygen atoms in total. The van der Waals surface area contributed by atoms with Crippen LogP contribution in [0.15, 0.2) is 143 Å². The largest absolute Gasteiger partial charge is 0.599 e. The van der Waals surface area contributed by atoms with Crippen molar-refractivity contribution < 1.29 is 53.2 Å². The van der Waals surface area contributed by atoms with Crippen LogP contribution in [-0.4, -0.2) is 60.7 Å². The maximum Gasteiger partial charge on any atom is 0.599 e. The van der Waals surface area contributed by atoms with Crippen LogP contribution in [0, 0.1) is 0 Å². The smallest absolute Gasteiger partial charge is 0.385 e. The second-order valence-corrected chi connectivity index (χ2v) is 11.9. The standard InChI is InChI=1S/C38H26BF10N3O2/c40-35(41,37(44,45)46)23-53-39(54-24-36(42,43)38(47,48)49)52-32(28-19-11-4-12-20-28)22-30(26-15-7-2-8-16-26)34(52)51-33-29(25-13-5-1-6-14-25)21-31(50-33)27-17-9-3-10-18-27/h1-22H,23-24H2. The first-order chi connectivity index (χ1) is 25.6. The van der Waals surface area contributed by atoms with Crippen molar-refractivity contribution in [3.05, 3.63) is 145 Å². The van der Waals surface area contributed by atoms with Gasteiger partial charge in [-0.1, -0.05) is 121 Å². The molecule has 16 heteroatoms. The number of aliphatic imine (C=N–C) groups is 2. The molecular weight excluding hydrogens is 731 g/mol. The molecule has 0 amide bonds. The third-order valence-electron chi connectivity index (χ3n) is 8.13. The van der Waals surface area contributed by atoms with Gasteiger partial charge in [0.2, 0.25) is 0 Å². The summed E-state index contributed by atoms with van der Waals surface area (Å²) in [6.45, 7) is -5.01. The second-order valence-electron chi connectivity index (χ2n) is 11.9. The number of benzene rings is 4. The molecule has 0 saturated carbocycles. The van der Waals surface area contributed by atoms with E-state index in [9.17, 15) is 43.9 Å². The van der Waals surface area contributed by atoms with E-state index >= 15 is 0 Å². The number of halogens is 10. The molecule has 0 fully saturated rings. The van der Waals surface area contributed by atoms with E-state index < -0.39 is 44.7 Å². The molecule has 0 N–H and O–H groups in total. The molecule has 0 aliphatic carbocycles. The predicted octanol–water partition coefficient (Wildman–Crippen LogP) is 10.7. The summed E-state index contributed by atoms with van der Waals surface area (Å²) >= 11 is 0. The minimum atomic E-state index is -6.17. The van der Waals surface area contributed by atoms with Gasteiger partial charge in [-0.15, -0.1) is 0 Å². The third-order valence-corrected chi connectivity index (χ3v) is 8.13. The molecule has 0 radical (unpaired) electrons. The average Bonchev–Trinajstić information content (AvgIpc) is 3.74. The monoisotopic (exact) mass is 757 g/mol. The number of hydrogen-bond acceptors (Lipinski definition) is 3. The zero-order valence-corrected chi connectivity index (χ0v) is 27.6. The molecule has 1 aliphatic rings. The molecule has 1 aliphatic heterocycles. The Labute approximate surface area is 302 Å². The van der Waals surface area contributed by atoms with Gasteiger partial charge in [-0.3, -0.25) is 0 Å². The summed E-state index contributed by atoms with van der Waals surface area (Å²) in [5, 5.41) is 0. The van der Waals surface area contributed by atoms with Crippen LogP contribution in [0.3, 0.4) is 0 Å². The second kappa shape index (κ2) is 15.1. The minimum absolute atomic E-state index is 0.0174. The Hall–Kier alpha value is -5.48. The van der Waals surface area contributed by atoms with E-state index in [4.69, 9.17) is 19.3 Å². The first-order valence-corrected chi connectivity index (χ1v) is 16.0. The predicted molar refractivity (Wildman–Crippen MR) is 185 cm³/mol. The third kappa shape index (κ3) is 8.19. The van der Waals surface area contributed by atoms with Crippen LogP contribution in [0.5, 0.6) is 0 Å². The van der Waals surface area contributed by atoms with Crippen molar-refractivity contribution in [1.29, 1.82) is 0 Å². The molecule has 0 atom stereocenters. The van der Waals surface area contributed by atoms with Gasteiger partial charge < -0.3 is 13.8 Å². The highest BCUT2D eigenvalue weighted by Gasteiger charge is 2.60. The lowest BCUT2D eigenvalue weighted by molar-refractivity contribution is -0.295. The van der Waals surface area contributed by atoms with Gasteiger partial charge in [0.25, 0.3) is 0 Å². The first-order valence-electron chi connectivity index (χ1n) is 16.0. The van der Waals surface area contributed by atoms with E-state index in [-0.39, 0.29) is 28.5 Å². The number of allylic oxidation sites excluding steroid dienone is 1. The molecule has 5 aromatic rings. The van der Waals surface area contributed by atoms with E-state index in [0.717, 1.165) is 4.48 Å².